The molecule has 1 fully saturated rings. The summed E-state index contributed by atoms with van der Waals surface area (Å²) in [5, 5.41) is 8.68. The van der Waals surface area contributed by atoms with Gasteiger partial charge in [0.25, 0.3) is 0 Å². The first-order valence-corrected chi connectivity index (χ1v) is 9.06. The van der Waals surface area contributed by atoms with Crippen LogP contribution in [0.15, 0.2) is 72.4 Å². The number of hydrogen-bond donors (Lipinski definition) is 2. The maximum Gasteiger partial charge on any atom is 0.0407 e. The molecule has 2 aromatic carbocycles. The highest BCUT2D eigenvalue weighted by Crippen LogP contribution is 2.23. The summed E-state index contributed by atoms with van der Waals surface area (Å²) in [6.45, 7) is 3.02. The first kappa shape index (κ1) is 17.4. The third-order valence-corrected chi connectivity index (χ3v) is 4.95. The largest absolute Gasteiger partial charge is 0.404 e. The van der Waals surface area contributed by atoms with Gasteiger partial charge >= 0.3 is 0 Å². The van der Waals surface area contributed by atoms with E-state index in [1.54, 1.807) is 6.20 Å². The van der Waals surface area contributed by atoms with E-state index in [0.29, 0.717) is 5.71 Å². The minimum atomic E-state index is 0.274. The zero-order chi connectivity index (χ0) is 17.5. The molecule has 0 aromatic heterocycles. The van der Waals surface area contributed by atoms with E-state index in [1.165, 1.54) is 11.1 Å². The molecule has 1 aliphatic rings. The molecule has 0 radical (unpaired) electrons. The average molecular weight is 333 g/mol. The van der Waals surface area contributed by atoms with Crippen LogP contribution in [0.1, 0.15) is 24.0 Å². The summed E-state index contributed by atoms with van der Waals surface area (Å²) in [5.41, 5.74) is 10.1. The Bertz CT molecular complexity index is 707. The number of nitrogens with one attached hydrogen (secondary N) is 1. The van der Waals surface area contributed by atoms with Gasteiger partial charge in [-0.2, -0.15) is 0 Å². The topological polar surface area (TPSA) is 53.1 Å². The standard InChI is InChI=1S/C22H27N3/c23-15-21(14-18-8-3-1-4-9-18)22(24)20-12-7-13-25(17-20)16-19-10-5-2-6-11-19/h1-6,8-11,15,20,24H,7,12-14,16-17,23H2. The van der Waals surface area contributed by atoms with Crippen LogP contribution >= 0.6 is 0 Å². The van der Waals surface area contributed by atoms with Crippen LogP contribution in [-0.2, 0) is 13.0 Å². The van der Waals surface area contributed by atoms with Crippen LogP contribution in [0.2, 0.25) is 0 Å². The van der Waals surface area contributed by atoms with Gasteiger partial charge in [0.1, 0.15) is 0 Å². The molecule has 1 saturated heterocycles. The summed E-state index contributed by atoms with van der Waals surface area (Å²) in [6.07, 6.45) is 4.59. The summed E-state index contributed by atoms with van der Waals surface area (Å²) in [7, 11) is 0. The molecule has 0 amide bonds. The van der Waals surface area contributed by atoms with Crippen LogP contribution in [0.4, 0.5) is 0 Å². The Balaban J connectivity index is 1.62. The summed E-state index contributed by atoms with van der Waals surface area (Å²) in [6, 6.07) is 20.9. The Labute approximate surface area is 150 Å². The van der Waals surface area contributed by atoms with Gasteiger partial charge in [0.05, 0.1) is 0 Å². The Morgan fingerprint density at radius 3 is 2.32 bits per heavy atom. The Hall–Kier alpha value is -2.39. The average Bonchev–Trinajstić information content (AvgIpc) is 2.67. The van der Waals surface area contributed by atoms with Crippen molar-refractivity contribution in [3.63, 3.8) is 0 Å². The minimum absolute atomic E-state index is 0.274. The quantitative estimate of drug-likeness (QED) is 0.785. The van der Waals surface area contributed by atoms with Crippen molar-refractivity contribution >= 4 is 5.71 Å². The van der Waals surface area contributed by atoms with E-state index < -0.39 is 0 Å². The van der Waals surface area contributed by atoms with Crippen molar-refractivity contribution in [2.75, 3.05) is 13.1 Å². The van der Waals surface area contributed by atoms with Crippen LogP contribution in [0.5, 0.6) is 0 Å². The predicted molar refractivity (Wildman–Crippen MR) is 105 cm³/mol. The lowest BCUT2D eigenvalue weighted by Gasteiger charge is -2.33. The molecule has 25 heavy (non-hydrogen) atoms. The van der Waals surface area contributed by atoms with Crippen molar-refractivity contribution < 1.29 is 0 Å². The molecule has 0 saturated carbocycles. The second kappa shape index (κ2) is 8.63. The van der Waals surface area contributed by atoms with Gasteiger partial charge < -0.3 is 11.1 Å². The Kier molecular flexibility index (Phi) is 6.02. The molecule has 1 unspecified atom stereocenters. The van der Waals surface area contributed by atoms with Crippen LogP contribution in [0, 0.1) is 11.3 Å². The van der Waals surface area contributed by atoms with Crippen molar-refractivity contribution in [2.24, 2.45) is 11.7 Å². The number of allylic oxidation sites excluding steroid dienone is 1. The van der Waals surface area contributed by atoms with Crippen molar-refractivity contribution in [1.29, 1.82) is 5.41 Å². The van der Waals surface area contributed by atoms with Crippen LogP contribution in [0.3, 0.4) is 0 Å². The molecule has 0 bridgehead atoms. The minimum Gasteiger partial charge on any atom is -0.404 e. The van der Waals surface area contributed by atoms with Crippen molar-refractivity contribution in [2.45, 2.75) is 25.8 Å². The fourth-order valence-electron chi connectivity index (χ4n) is 3.60. The third-order valence-electron chi connectivity index (χ3n) is 4.95. The van der Waals surface area contributed by atoms with Gasteiger partial charge in [0, 0.05) is 31.1 Å². The molecule has 130 valence electrons. The zero-order valence-electron chi connectivity index (χ0n) is 14.7. The molecule has 1 atom stereocenters. The number of likely N-dealkylation sites (tertiary alicyclic amines) is 1. The summed E-state index contributed by atoms with van der Waals surface area (Å²) < 4.78 is 0. The molecular formula is C22H27N3. The summed E-state index contributed by atoms with van der Waals surface area (Å²) >= 11 is 0. The van der Waals surface area contributed by atoms with Gasteiger partial charge in [-0.15, -0.1) is 0 Å². The lowest BCUT2D eigenvalue weighted by atomic mass is 9.87. The van der Waals surface area contributed by atoms with Crippen LogP contribution in [0.25, 0.3) is 0 Å². The maximum absolute atomic E-state index is 8.68. The second-order valence-corrected chi connectivity index (χ2v) is 6.83. The number of benzene rings is 2. The van der Waals surface area contributed by atoms with Crippen molar-refractivity contribution in [1.82, 2.24) is 4.90 Å². The first-order chi connectivity index (χ1) is 12.3. The number of nitrogens with zero attached hydrogens (tertiary/aromatic N) is 1. The van der Waals surface area contributed by atoms with E-state index in [4.69, 9.17) is 11.1 Å². The highest BCUT2D eigenvalue weighted by molar-refractivity contribution is 5.99. The van der Waals surface area contributed by atoms with E-state index in [0.717, 1.165) is 44.5 Å². The Morgan fingerprint density at radius 1 is 1.04 bits per heavy atom. The number of hydrogen-bond acceptors (Lipinski definition) is 3. The second-order valence-electron chi connectivity index (χ2n) is 6.83. The van der Waals surface area contributed by atoms with Crippen molar-refractivity contribution in [3.05, 3.63) is 83.6 Å². The molecule has 2 aromatic rings. The molecule has 3 rings (SSSR count). The van der Waals surface area contributed by atoms with E-state index in [9.17, 15) is 0 Å². The van der Waals surface area contributed by atoms with Gasteiger partial charge in [-0.3, -0.25) is 4.90 Å². The molecule has 3 heteroatoms. The molecule has 1 heterocycles. The Morgan fingerprint density at radius 2 is 1.68 bits per heavy atom. The molecule has 3 N–H and O–H groups in total. The van der Waals surface area contributed by atoms with Gasteiger partial charge in [-0.25, -0.2) is 0 Å². The first-order valence-electron chi connectivity index (χ1n) is 9.06. The van der Waals surface area contributed by atoms with E-state index in [-0.39, 0.29) is 5.92 Å². The monoisotopic (exact) mass is 333 g/mol. The van der Waals surface area contributed by atoms with Gasteiger partial charge in [0.15, 0.2) is 0 Å². The predicted octanol–water partition coefficient (Wildman–Crippen LogP) is 4.00. The van der Waals surface area contributed by atoms with Crippen molar-refractivity contribution in [3.8, 4) is 0 Å². The zero-order valence-corrected chi connectivity index (χ0v) is 14.7. The fraction of sp³-hybridized carbons (Fsp3) is 0.318. The highest BCUT2D eigenvalue weighted by Gasteiger charge is 2.25. The molecular weight excluding hydrogens is 306 g/mol. The van der Waals surface area contributed by atoms with E-state index in [2.05, 4.69) is 47.4 Å². The normalized spacial score (nSPS) is 18.9. The SMILES string of the molecule is N=C(C(=CN)Cc1ccccc1)C1CCCN(Cc2ccccc2)C1. The van der Waals surface area contributed by atoms with Gasteiger partial charge in [-0.05, 0) is 42.3 Å². The lowest BCUT2D eigenvalue weighted by Crippen LogP contribution is -2.38. The molecule has 3 nitrogen and oxygen atoms in total. The summed E-state index contributed by atoms with van der Waals surface area (Å²) in [4.78, 5) is 2.47. The van der Waals surface area contributed by atoms with Gasteiger partial charge in [0.2, 0.25) is 0 Å². The van der Waals surface area contributed by atoms with Crippen LogP contribution in [-0.4, -0.2) is 23.7 Å². The smallest absolute Gasteiger partial charge is 0.0407 e. The van der Waals surface area contributed by atoms with Crippen LogP contribution < -0.4 is 5.73 Å². The maximum atomic E-state index is 8.68. The molecule has 1 aliphatic heterocycles. The van der Waals surface area contributed by atoms with E-state index >= 15 is 0 Å². The lowest BCUT2D eigenvalue weighted by molar-refractivity contribution is 0.196. The van der Waals surface area contributed by atoms with Gasteiger partial charge in [-0.1, -0.05) is 60.7 Å². The fourth-order valence-corrected chi connectivity index (χ4v) is 3.60. The highest BCUT2D eigenvalue weighted by atomic mass is 15.1. The van der Waals surface area contributed by atoms with E-state index in [1.807, 2.05) is 18.2 Å². The number of nitrogens with two attached hydrogens (primary N) is 1. The number of rotatable bonds is 6. The molecule has 0 spiro atoms. The third kappa shape index (κ3) is 4.80. The number of piperidine rings is 1. The summed E-state index contributed by atoms with van der Waals surface area (Å²) in [5.74, 6) is 0.274. The molecule has 0 aliphatic carbocycles.